The van der Waals surface area contributed by atoms with Crippen molar-refractivity contribution in [3.05, 3.63) is 62.0 Å². The Morgan fingerprint density at radius 3 is 2.31 bits per heavy atom. The topological polar surface area (TPSA) is 86.4 Å². The largest absolute Gasteiger partial charge is 0.337 e. The minimum Gasteiger partial charge on any atom is -0.337 e. The highest BCUT2D eigenvalue weighted by molar-refractivity contribution is 6.35. The highest BCUT2D eigenvalue weighted by atomic mass is 35.5. The van der Waals surface area contributed by atoms with Crippen LogP contribution in [-0.2, 0) is 0 Å². The lowest BCUT2D eigenvalue weighted by atomic mass is 10.2. The van der Waals surface area contributed by atoms with Gasteiger partial charge in [-0.05, 0) is 30.7 Å². The van der Waals surface area contributed by atoms with Gasteiger partial charge in [-0.1, -0.05) is 23.2 Å². The highest BCUT2D eigenvalue weighted by Crippen LogP contribution is 2.22. The number of H-pyrrole nitrogens is 1. The Balaban J connectivity index is 1.70. The fourth-order valence-corrected chi connectivity index (χ4v) is 3.15. The Labute approximate surface area is 159 Å². The number of aromatic nitrogens is 2. The third-order valence-corrected chi connectivity index (χ3v) is 4.69. The van der Waals surface area contributed by atoms with Gasteiger partial charge in [0.05, 0.1) is 10.6 Å². The summed E-state index contributed by atoms with van der Waals surface area (Å²) in [5.41, 5.74) is 0.149. The molecule has 2 aromatic rings. The van der Waals surface area contributed by atoms with E-state index in [0.717, 1.165) is 0 Å². The van der Waals surface area contributed by atoms with E-state index in [0.29, 0.717) is 48.2 Å². The van der Waals surface area contributed by atoms with E-state index in [1.54, 1.807) is 28.0 Å². The zero-order valence-electron chi connectivity index (χ0n) is 13.7. The van der Waals surface area contributed by atoms with Crippen molar-refractivity contribution in [3.63, 3.8) is 0 Å². The van der Waals surface area contributed by atoms with Gasteiger partial charge >= 0.3 is 0 Å². The molecule has 0 radical (unpaired) electrons. The zero-order valence-corrected chi connectivity index (χ0v) is 15.3. The fraction of sp³-hybridized carbons (Fsp3) is 0.294. The number of hydrogen-bond donors (Lipinski definition) is 1. The maximum absolute atomic E-state index is 12.7. The van der Waals surface area contributed by atoms with Gasteiger partial charge in [-0.3, -0.25) is 14.4 Å². The highest BCUT2D eigenvalue weighted by Gasteiger charge is 2.25. The van der Waals surface area contributed by atoms with E-state index in [4.69, 9.17) is 23.2 Å². The Morgan fingerprint density at radius 1 is 0.962 bits per heavy atom. The van der Waals surface area contributed by atoms with Crippen LogP contribution in [0.15, 0.2) is 35.1 Å². The summed E-state index contributed by atoms with van der Waals surface area (Å²) < 4.78 is 0. The zero-order chi connectivity index (χ0) is 18.7. The molecule has 0 aliphatic carbocycles. The molecule has 1 aliphatic rings. The summed E-state index contributed by atoms with van der Waals surface area (Å²) in [5, 5.41) is 6.80. The van der Waals surface area contributed by atoms with Crippen molar-refractivity contribution in [3.8, 4) is 0 Å². The molecule has 26 heavy (non-hydrogen) atoms. The monoisotopic (exact) mass is 394 g/mol. The smallest absolute Gasteiger partial charge is 0.274 e. The fourth-order valence-electron chi connectivity index (χ4n) is 2.78. The Morgan fingerprint density at radius 2 is 1.65 bits per heavy atom. The maximum atomic E-state index is 12.7. The molecule has 7 nitrogen and oxygen atoms in total. The first-order chi connectivity index (χ1) is 12.5. The third-order valence-electron chi connectivity index (χ3n) is 4.13. The van der Waals surface area contributed by atoms with Gasteiger partial charge in [-0.25, -0.2) is 5.10 Å². The quantitative estimate of drug-likeness (QED) is 0.844. The first kappa shape index (κ1) is 18.4. The lowest BCUT2D eigenvalue weighted by Crippen LogP contribution is -2.38. The Hall–Kier alpha value is -2.38. The molecule has 136 valence electrons. The first-order valence-corrected chi connectivity index (χ1v) is 8.80. The Bertz CT molecular complexity index is 879. The van der Waals surface area contributed by atoms with Crippen molar-refractivity contribution in [2.75, 3.05) is 26.2 Å². The molecule has 0 unspecified atom stereocenters. The standard InChI is InChI=1S/C17H16Cl2N4O3/c18-11-2-3-13(19)12(10-11)16(25)22-6-1-7-23(9-8-22)17(26)14-4-5-15(24)21-20-14/h2-5,10H,1,6-9H2,(H,21,24). The molecule has 0 saturated carbocycles. The van der Waals surface area contributed by atoms with Crippen LogP contribution in [0.3, 0.4) is 0 Å². The lowest BCUT2D eigenvalue weighted by Gasteiger charge is -2.22. The van der Waals surface area contributed by atoms with Gasteiger partial charge in [0.2, 0.25) is 0 Å². The predicted octanol–water partition coefficient (Wildman–Crippen LogP) is 2.06. The molecule has 1 fully saturated rings. The van der Waals surface area contributed by atoms with Gasteiger partial charge in [0.25, 0.3) is 17.4 Å². The number of halogens is 2. The number of nitrogens with one attached hydrogen (secondary N) is 1. The average molecular weight is 395 g/mol. The van der Waals surface area contributed by atoms with Crippen molar-refractivity contribution >= 4 is 35.0 Å². The van der Waals surface area contributed by atoms with Crippen molar-refractivity contribution in [2.24, 2.45) is 0 Å². The van der Waals surface area contributed by atoms with Crippen LogP contribution in [0.2, 0.25) is 10.0 Å². The minimum atomic E-state index is -0.368. The van der Waals surface area contributed by atoms with E-state index >= 15 is 0 Å². The van der Waals surface area contributed by atoms with E-state index < -0.39 is 0 Å². The second kappa shape index (κ2) is 7.88. The van der Waals surface area contributed by atoms with Crippen LogP contribution in [-0.4, -0.2) is 58.0 Å². The molecule has 1 saturated heterocycles. The SMILES string of the molecule is O=C(c1ccc(=O)[nH]n1)N1CCCN(C(=O)c2cc(Cl)ccc2Cl)CC1. The first-order valence-electron chi connectivity index (χ1n) is 8.05. The summed E-state index contributed by atoms with van der Waals surface area (Å²) in [7, 11) is 0. The van der Waals surface area contributed by atoms with E-state index in [9.17, 15) is 14.4 Å². The molecule has 1 aromatic carbocycles. The maximum Gasteiger partial charge on any atom is 0.274 e. The third kappa shape index (κ3) is 4.05. The number of rotatable bonds is 2. The molecule has 3 rings (SSSR count). The van der Waals surface area contributed by atoms with E-state index in [2.05, 4.69) is 10.2 Å². The Kier molecular flexibility index (Phi) is 5.58. The van der Waals surface area contributed by atoms with Crippen LogP contribution in [0.25, 0.3) is 0 Å². The molecule has 2 amide bonds. The van der Waals surface area contributed by atoms with Gasteiger partial charge < -0.3 is 9.80 Å². The van der Waals surface area contributed by atoms with Crippen LogP contribution < -0.4 is 5.56 Å². The number of benzene rings is 1. The second-order valence-electron chi connectivity index (χ2n) is 5.87. The summed E-state index contributed by atoms with van der Waals surface area (Å²) in [4.78, 5) is 39.6. The van der Waals surface area contributed by atoms with Crippen molar-refractivity contribution < 1.29 is 9.59 Å². The summed E-state index contributed by atoms with van der Waals surface area (Å²) in [6.45, 7) is 1.73. The van der Waals surface area contributed by atoms with Crippen LogP contribution in [0, 0.1) is 0 Å². The molecule has 0 bridgehead atoms. The number of carbonyl (C=O) groups excluding carboxylic acids is 2. The van der Waals surface area contributed by atoms with Gasteiger partial charge in [-0.2, -0.15) is 5.10 Å². The summed E-state index contributed by atoms with van der Waals surface area (Å²) >= 11 is 12.1. The number of nitrogens with zero attached hydrogens (tertiary/aromatic N) is 3. The van der Waals surface area contributed by atoms with E-state index in [1.165, 1.54) is 12.1 Å². The molecule has 1 N–H and O–H groups in total. The van der Waals surface area contributed by atoms with Crippen molar-refractivity contribution in [2.45, 2.75) is 6.42 Å². The minimum absolute atomic E-state index is 0.169. The van der Waals surface area contributed by atoms with Crippen LogP contribution in [0.4, 0.5) is 0 Å². The average Bonchev–Trinajstić information content (AvgIpc) is 2.89. The van der Waals surface area contributed by atoms with E-state index in [-0.39, 0.29) is 23.1 Å². The molecule has 2 heterocycles. The molecular weight excluding hydrogens is 379 g/mol. The summed E-state index contributed by atoms with van der Waals surface area (Å²) in [5.74, 6) is -0.495. The predicted molar refractivity (Wildman–Crippen MR) is 97.7 cm³/mol. The molecular formula is C17H16Cl2N4O3. The van der Waals surface area contributed by atoms with Crippen LogP contribution in [0.1, 0.15) is 27.3 Å². The van der Waals surface area contributed by atoms with E-state index in [1.807, 2.05) is 0 Å². The number of carbonyl (C=O) groups is 2. The van der Waals surface area contributed by atoms with Crippen molar-refractivity contribution in [1.29, 1.82) is 0 Å². The number of amides is 2. The molecule has 1 aromatic heterocycles. The molecule has 1 aliphatic heterocycles. The number of hydrogen-bond acceptors (Lipinski definition) is 4. The summed E-state index contributed by atoms with van der Waals surface area (Å²) in [6.07, 6.45) is 0.624. The summed E-state index contributed by atoms with van der Waals surface area (Å²) in [6, 6.07) is 7.41. The van der Waals surface area contributed by atoms with Gasteiger partial charge in [0, 0.05) is 37.3 Å². The molecule has 0 spiro atoms. The van der Waals surface area contributed by atoms with Crippen molar-refractivity contribution in [1.82, 2.24) is 20.0 Å². The van der Waals surface area contributed by atoms with Gasteiger partial charge in [-0.15, -0.1) is 0 Å². The van der Waals surface area contributed by atoms with Gasteiger partial charge in [0.15, 0.2) is 0 Å². The number of aromatic amines is 1. The molecule has 9 heteroatoms. The van der Waals surface area contributed by atoms with Crippen LogP contribution >= 0.6 is 23.2 Å². The normalized spacial score (nSPS) is 14.8. The molecule has 0 atom stereocenters. The van der Waals surface area contributed by atoms with Crippen LogP contribution in [0.5, 0.6) is 0 Å². The lowest BCUT2D eigenvalue weighted by molar-refractivity contribution is 0.0715. The second-order valence-corrected chi connectivity index (χ2v) is 6.71. The van der Waals surface area contributed by atoms with Gasteiger partial charge in [0.1, 0.15) is 5.69 Å².